The normalized spacial score (nSPS) is 11.6. The molecule has 8 nitrogen and oxygen atoms in total. The molecule has 3 aromatic carbocycles. The molecule has 164 valence electrons. The van der Waals surface area contributed by atoms with Crippen molar-refractivity contribution in [2.75, 3.05) is 14.2 Å². The van der Waals surface area contributed by atoms with E-state index in [2.05, 4.69) is 20.5 Å². The molecule has 0 aliphatic carbocycles. The van der Waals surface area contributed by atoms with E-state index >= 15 is 0 Å². The molecule has 0 aliphatic heterocycles. The lowest BCUT2D eigenvalue weighted by Gasteiger charge is -2.07. The number of imidazole rings is 1. The van der Waals surface area contributed by atoms with Crippen molar-refractivity contribution >= 4 is 27.9 Å². The Morgan fingerprint density at radius 2 is 1.82 bits per heavy atom. The Bertz CT molecular complexity index is 1520. The second-order valence-electron chi connectivity index (χ2n) is 7.22. The second-order valence-corrected chi connectivity index (χ2v) is 7.22. The summed E-state index contributed by atoms with van der Waals surface area (Å²) >= 11 is 0. The number of ether oxygens (including phenoxy) is 2. The predicted molar refractivity (Wildman–Crippen MR) is 124 cm³/mol. The number of fused-ring (bicyclic) bond motifs is 2. The van der Waals surface area contributed by atoms with Crippen LogP contribution in [0.5, 0.6) is 11.5 Å². The fraction of sp³-hybridized carbons (Fsp3) is 0.0800. The van der Waals surface area contributed by atoms with Gasteiger partial charge in [-0.1, -0.05) is 24.3 Å². The molecule has 5 rings (SSSR count). The topological polar surface area (TPSA) is 102 Å². The van der Waals surface area contributed by atoms with Crippen LogP contribution >= 0.6 is 0 Å². The molecular weight excluding hydrogens is 420 g/mol. The molecule has 0 bridgehead atoms. The highest BCUT2D eigenvalue weighted by Gasteiger charge is 2.14. The van der Waals surface area contributed by atoms with Gasteiger partial charge in [0.2, 0.25) is 5.55 Å². The molecule has 0 radical (unpaired) electrons. The molecule has 2 aromatic heterocycles. The van der Waals surface area contributed by atoms with Gasteiger partial charge in [0.25, 0.3) is 5.91 Å². The van der Waals surface area contributed by atoms with Gasteiger partial charge < -0.3 is 18.9 Å². The first-order valence-electron chi connectivity index (χ1n) is 10.2. The first-order chi connectivity index (χ1) is 16.2. The van der Waals surface area contributed by atoms with Crippen molar-refractivity contribution in [3.63, 3.8) is 0 Å². The smallest absolute Gasteiger partial charge is 0.275 e. The summed E-state index contributed by atoms with van der Waals surface area (Å²) < 4.78 is 16.7. The van der Waals surface area contributed by atoms with Gasteiger partial charge in [-0.3, -0.25) is 4.79 Å². The largest absolute Gasteiger partial charge is 0.497 e. The first-order valence-corrected chi connectivity index (χ1v) is 10.2. The number of methoxy groups -OCH3 is 2. The lowest BCUT2D eigenvalue weighted by atomic mass is 10.1. The fourth-order valence-electron chi connectivity index (χ4n) is 3.56. The summed E-state index contributed by atoms with van der Waals surface area (Å²) in [4.78, 5) is 20.7. The van der Waals surface area contributed by atoms with Gasteiger partial charge >= 0.3 is 0 Å². The van der Waals surface area contributed by atoms with Crippen molar-refractivity contribution in [2.45, 2.75) is 0 Å². The lowest BCUT2D eigenvalue weighted by Crippen LogP contribution is -2.22. The molecule has 2 N–H and O–H groups in total. The molecule has 1 amide bonds. The van der Waals surface area contributed by atoms with E-state index in [-0.39, 0.29) is 5.55 Å². The third kappa shape index (κ3) is 3.89. The number of nitrogens with one attached hydrogen (secondary N) is 2. The van der Waals surface area contributed by atoms with Gasteiger partial charge in [0.1, 0.15) is 22.9 Å². The number of rotatable bonds is 5. The van der Waals surface area contributed by atoms with Crippen LogP contribution in [0.25, 0.3) is 33.4 Å². The molecule has 0 unspecified atom stereocenters. The van der Waals surface area contributed by atoms with Crippen LogP contribution in [0, 0.1) is 0 Å². The quantitative estimate of drug-likeness (QED) is 0.398. The summed E-state index contributed by atoms with van der Waals surface area (Å²) in [5.41, 5.74) is 5.99. The fourth-order valence-corrected chi connectivity index (χ4v) is 3.56. The number of amides is 1. The van der Waals surface area contributed by atoms with Gasteiger partial charge in [-0.25, -0.2) is 10.4 Å². The Hall–Kier alpha value is -4.59. The number of carbonyl (C=O) groups excluding carboxylic acids is 1. The van der Waals surface area contributed by atoms with Crippen LogP contribution in [-0.2, 0) is 0 Å². The van der Waals surface area contributed by atoms with E-state index in [1.807, 2.05) is 36.4 Å². The van der Waals surface area contributed by atoms with Crippen molar-refractivity contribution in [2.24, 2.45) is 5.10 Å². The lowest BCUT2D eigenvalue weighted by molar-refractivity contribution is 0.0948. The standard InChI is InChI=1S/C25H20N4O4/c1-31-16-11-12-21-15(13-16)14-18(23-26-19-8-4-5-9-20(19)27-23)25(33-21)29-28-24(30)17-7-3-6-10-22(17)32-2/h3-14H,1-2H3,(H,26,27)(H,28,30)/b29-25-. The maximum Gasteiger partial charge on any atom is 0.275 e. The van der Waals surface area contributed by atoms with Gasteiger partial charge in [0.05, 0.1) is 36.4 Å². The molecule has 33 heavy (non-hydrogen) atoms. The Labute approximate surface area is 188 Å². The number of aromatic amines is 1. The minimum Gasteiger partial charge on any atom is -0.497 e. The maximum absolute atomic E-state index is 12.8. The molecule has 0 spiro atoms. The van der Waals surface area contributed by atoms with E-state index in [4.69, 9.17) is 13.9 Å². The average Bonchev–Trinajstić information content (AvgIpc) is 3.30. The van der Waals surface area contributed by atoms with Gasteiger partial charge in [0, 0.05) is 5.39 Å². The third-order valence-electron chi connectivity index (χ3n) is 5.21. The van der Waals surface area contributed by atoms with Crippen molar-refractivity contribution < 1.29 is 18.7 Å². The number of benzene rings is 3. The van der Waals surface area contributed by atoms with Crippen molar-refractivity contribution in [1.29, 1.82) is 0 Å². The highest BCUT2D eigenvalue weighted by atomic mass is 16.5. The molecule has 0 fully saturated rings. The molecule has 5 aromatic rings. The SMILES string of the molecule is COc1ccc2o/c(=N\NC(=O)c3ccccc3OC)c(-c3nc4ccccc4[nH]3)cc2c1. The number of para-hydroxylation sites is 3. The number of nitrogens with zero attached hydrogens (tertiary/aromatic N) is 2. The minimum absolute atomic E-state index is 0.204. The van der Waals surface area contributed by atoms with Crippen molar-refractivity contribution in [3.05, 3.63) is 83.9 Å². The predicted octanol–water partition coefficient (Wildman–Crippen LogP) is 4.24. The van der Waals surface area contributed by atoms with Crippen LogP contribution in [0.3, 0.4) is 0 Å². The van der Waals surface area contributed by atoms with Gasteiger partial charge in [-0.2, -0.15) is 0 Å². The van der Waals surface area contributed by atoms with Crippen LogP contribution in [0.2, 0.25) is 0 Å². The van der Waals surface area contributed by atoms with Crippen molar-refractivity contribution in [3.8, 4) is 22.9 Å². The molecule has 2 heterocycles. The second kappa shape index (κ2) is 8.51. The molecule has 0 atom stereocenters. The molecule has 0 saturated carbocycles. The van der Waals surface area contributed by atoms with Crippen LogP contribution in [-0.4, -0.2) is 30.1 Å². The summed E-state index contributed by atoms with van der Waals surface area (Å²) in [5.74, 6) is 1.29. The summed E-state index contributed by atoms with van der Waals surface area (Å²) in [6.45, 7) is 0. The molecular formula is C25H20N4O4. The van der Waals surface area contributed by atoms with Gasteiger partial charge in [-0.15, -0.1) is 5.10 Å². The van der Waals surface area contributed by atoms with Gasteiger partial charge in [-0.05, 0) is 48.5 Å². The van der Waals surface area contributed by atoms with Gasteiger partial charge in [0.15, 0.2) is 0 Å². The van der Waals surface area contributed by atoms with E-state index in [0.717, 1.165) is 16.4 Å². The Morgan fingerprint density at radius 1 is 1.00 bits per heavy atom. The van der Waals surface area contributed by atoms with E-state index in [9.17, 15) is 4.79 Å². The first kappa shape index (κ1) is 20.3. The molecule has 0 saturated heterocycles. The number of aromatic nitrogens is 2. The highest BCUT2D eigenvalue weighted by Crippen LogP contribution is 2.25. The van der Waals surface area contributed by atoms with Crippen LogP contribution in [0.4, 0.5) is 0 Å². The van der Waals surface area contributed by atoms with E-state index in [1.165, 1.54) is 7.11 Å². The zero-order chi connectivity index (χ0) is 22.8. The zero-order valence-electron chi connectivity index (χ0n) is 18.0. The Kier molecular flexibility index (Phi) is 5.24. The third-order valence-corrected chi connectivity index (χ3v) is 5.21. The van der Waals surface area contributed by atoms with E-state index < -0.39 is 5.91 Å². The minimum atomic E-state index is -0.423. The molecule has 8 heteroatoms. The maximum atomic E-state index is 12.8. The summed E-state index contributed by atoms with van der Waals surface area (Å²) in [7, 11) is 3.12. The van der Waals surface area contributed by atoms with Crippen LogP contribution in [0.15, 0.2) is 82.3 Å². The average molecular weight is 440 g/mol. The van der Waals surface area contributed by atoms with Crippen molar-refractivity contribution in [1.82, 2.24) is 15.4 Å². The zero-order valence-corrected chi connectivity index (χ0v) is 18.0. The van der Waals surface area contributed by atoms with Crippen LogP contribution < -0.4 is 20.5 Å². The number of carbonyl (C=O) groups is 1. The van der Waals surface area contributed by atoms with E-state index in [0.29, 0.717) is 34.0 Å². The van der Waals surface area contributed by atoms with E-state index in [1.54, 1.807) is 43.5 Å². The monoisotopic (exact) mass is 440 g/mol. The number of H-pyrrole nitrogens is 1. The van der Waals surface area contributed by atoms with Crippen LogP contribution in [0.1, 0.15) is 10.4 Å². The Morgan fingerprint density at radius 3 is 2.64 bits per heavy atom. The number of hydrogen-bond donors (Lipinski definition) is 2. The molecule has 0 aliphatic rings. The Balaban J connectivity index is 1.64. The summed E-state index contributed by atoms with van der Waals surface area (Å²) in [5, 5.41) is 5.09. The summed E-state index contributed by atoms with van der Waals surface area (Å²) in [6.07, 6.45) is 0. The summed E-state index contributed by atoms with van der Waals surface area (Å²) in [6, 6.07) is 22.0. The highest BCUT2D eigenvalue weighted by molar-refractivity contribution is 5.96. The number of hydrogen-bond acceptors (Lipinski definition) is 6.